The molecule has 156 valence electrons. The number of nitrogens with one attached hydrogen (secondary N) is 1. The van der Waals surface area contributed by atoms with E-state index in [0.29, 0.717) is 42.0 Å². The largest absolute Gasteiger partial charge is 0.481 e. The fraction of sp³-hybridized carbons (Fsp3) is 0.316. The number of amides is 1. The first-order valence-corrected chi connectivity index (χ1v) is 9.93. The molecule has 0 bridgehead atoms. The van der Waals surface area contributed by atoms with E-state index < -0.39 is 0 Å². The Balaban J connectivity index is 1.24. The van der Waals surface area contributed by atoms with Gasteiger partial charge in [0.2, 0.25) is 17.1 Å². The predicted octanol–water partition coefficient (Wildman–Crippen LogP) is 3.25. The minimum atomic E-state index is -0.311. The number of rotatable bonds is 6. The maximum absolute atomic E-state index is 12.1. The van der Waals surface area contributed by atoms with Crippen molar-refractivity contribution >= 4 is 29.1 Å². The molecule has 0 aliphatic carbocycles. The Hall–Kier alpha value is -2.75. The molecule has 2 aromatic heterocycles. The predicted molar refractivity (Wildman–Crippen MR) is 107 cm³/mol. The molecule has 11 heteroatoms. The number of ether oxygens (including phenoxy) is 2. The summed E-state index contributed by atoms with van der Waals surface area (Å²) in [6.07, 6.45) is 3.84. The number of benzene rings is 1. The first kappa shape index (κ1) is 20.5. The lowest BCUT2D eigenvalue weighted by Crippen LogP contribution is -2.43. The normalized spacial score (nSPS) is 18.7. The Morgan fingerprint density at radius 3 is 2.60 bits per heavy atom. The van der Waals surface area contributed by atoms with Crippen molar-refractivity contribution in [3.8, 4) is 17.2 Å². The zero-order valence-corrected chi connectivity index (χ0v) is 17.1. The minimum absolute atomic E-state index is 0.113. The molecule has 3 heterocycles. The van der Waals surface area contributed by atoms with Crippen molar-refractivity contribution in [3.05, 3.63) is 52.9 Å². The van der Waals surface area contributed by atoms with Crippen molar-refractivity contribution in [3.63, 3.8) is 0 Å². The number of aromatic nitrogens is 4. The number of carbonyl (C=O) groups is 1. The number of carbonyl (C=O) groups excluding carboxylic acids is 1. The lowest BCUT2D eigenvalue weighted by Gasteiger charge is -2.27. The van der Waals surface area contributed by atoms with Gasteiger partial charge >= 0.3 is 0 Å². The van der Waals surface area contributed by atoms with Crippen molar-refractivity contribution in [2.45, 2.75) is 25.0 Å². The molecule has 1 aromatic carbocycles. The van der Waals surface area contributed by atoms with E-state index >= 15 is 0 Å². The Kier molecular flexibility index (Phi) is 6.41. The Morgan fingerprint density at radius 2 is 1.90 bits per heavy atom. The molecule has 9 nitrogen and oxygen atoms in total. The van der Waals surface area contributed by atoms with Crippen LogP contribution in [0.4, 0.5) is 0 Å². The van der Waals surface area contributed by atoms with Gasteiger partial charge in [-0.2, -0.15) is 0 Å². The topological polar surface area (TPSA) is 112 Å². The second-order valence-electron chi connectivity index (χ2n) is 6.59. The third-order valence-electron chi connectivity index (χ3n) is 4.41. The molecular weight excluding hydrogens is 433 g/mol. The maximum atomic E-state index is 12.1. The van der Waals surface area contributed by atoms with Crippen LogP contribution in [0.1, 0.15) is 24.8 Å². The highest BCUT2D eigenvalue weighted by molar-refractivity contribution is 6.30. The third kappa shape index (κ3) is 5.24. The zero-order chi connectivity index (χ0) is 20.9. The molecule has 4 rings (SSSR count). The number of hydrogen-bond acceptors (Lipinski definition) is 8. The van der Waals surface area contributed by atoms with Crippen LogP contribution in [-0.2, 0) is 9.53 Å². The van der Waals surface area contributed by atoms with E-state index in [1.807, 2.05) is 12.1 Å². The van der Waals surface area contributed by atoms with Gasteiger partial charge in [-0.1, -0.05) is 11.6 Å². The Bertz CT molecular complexity index is 989. The first-order valence-electron chi connectivity index (χ1n) is 9.17. The minimum Gasteiger partial charge on any atom is -0.481 e. The summed E-state index contributed by atoms with van der Waals surface area (Å²) in [4.78, 5) is 19.7. The van der Waals surface area contributed by atoms with E-state index in [1.165, 1.54) is 12.4 Å². The summed E-state index contributed by atoms with van der Waals surface area (Å²) in [5, 5.41) is 11.8. The van der Waals surface area contributed by atoms with Crippen LogP contribution >= 0.6 is 23.2 Å². The molecule has 1 fully saturated rings. The Morgan fingerprint density at radius 1 is 1.13 bits per heavy atom. The van der Waals surface area contributed by atoms with E-state index in [0.717, 1.165) is 5.56 Å². The summed E-state index contributed by atoms with van der Waals surface area (Å²) >= 11 is 11.5. The standard InChI is InChI=1S/C19H17Cl2N5O4/c20-12-3-1-11(2-4-12)17-25-26-18(30-17)15-6-5-13(9-29-15)24-16(27)10-28-14-7-22-19(21)23-8-14/h1-4,7-8,13,15H,5-6,9-10H2,(H,24,27)/t13-,15+/m1/s1. The van der Waals surface area contributed by atoms with Crippen molar-refractivity contribution in [1.82, 2.24) is 25.5 Å². The highest BCUT2D eigenvalue weighted by atomic mass is 35.5. The van der Waals surface area contributed by atoms with Gasteiger partial charge in [-0.3, -0.25) is 4.79 Å². The third-order valence-corrected chi connectivity index (χ3v) is 4.86. The highest BCUT2D eigenvalue weighted by Gasteiger charge is 2.28. The van der Waals surface area contributed by atoms with Crippen molar-refractivity contribution in [2.75, 3.05) is 13.2 Å². The van der Waals surface area contributed by atoms with E-state index in [-0.39, 0.29) is 29.9 Å². The summed E-state index contributed by atoms with van der Waals surface area (Å²) in [5.41, 5.74) is 0.783. The lowest BCUT2D eigenvalue weighted by molar-refractivity contribution is -0.125. The van der Waals surface area contributed by atoms with Crippen molar-refractivity contribution < 1.29 is 18.7 Å². The molecule has 1 aliphatic heterocycles. The molecule has 1 aliphatic rings. The molecule has 0 radical (unpaired) electrons. The average Bonchev–Trinajstić information content (AvgIpc) is 3.25. The smallest absolute Gasteiger partial charge is 0.258 e. The van der Waals surface area contributed by atoms with Crippen molar-refractivity contribution in [1.29, 1.82) is 0 Å². The van der Waals surface area contributed by atoms with Crippen LogP contribution in [0.25, 0.3) is 11.5 Å². The van der Waals surface area contributed by atoms with Gasteiger partial charge in [0.15, 0.2) is 12.4 Å². The highest BCUT2D eigenvalue weighted by Crippen LogP contribution is 2.29. The van der Waals surface area contributed by atoms with Crippen LogP contribution in [0.3, 0.4) is 0 Å². The molecule has 0 saturated carbocycles. The van der Waals surface area contributed by atoms with E-state index in [2.05, 4.69) is 25.5 Å². The van der Waals surface area contributed by atoms with Crippen LogP contribution in [0.5, 0.6) is 5.75 Å². The second kappa shape index (κ2) is 9.38. The number of hydrogen-bond donors (Lipinski definition) is 1. The fourth-order valence-corrected chi connectivity index (χ4v) is 3.15. The average molecular weight is 450 g/mol. The fourth-order valence-electron chi connectivity index (χ4n) is 2.93. The summed E-state index contributed by atoms with van der Waals surface area (Å²) < 4.78 is 16.9. The maximum Gasteiger partial charge on any atom is 0.258 e. The van der Waals surface area contributed by atoms with Gasteiger partial charge in [0.05, 0.1) is 25.0 Å². The Labute approximate surface area is 181 Å². The molecular formula is C19H17Cl2N5O4. The molecule has 1 amide bonds. The van der Waals surface area contributed by atoms with Gasteiger partial charge in [0.1, 0.15) is 6.10 Å². The number of halogens is 2. The molecule has 1 saturated heterocycles. The molecule has 30 heavy (non-hydrogen) atoms. The van der Waals surface area contributed by atoms with Gasteiger partial charge < -0.3 is 19.2 Å². The van der Waals surface area contributed by atoms with Gasteiger partial charge in [-0.25, -0.2) is 9.97 Å². The van der Waals surface area contributed by atoms with E-state index in [4.69, 9.17) is 37.1 Å². The molecule has 0 spiro atoms. The van der Waals surface area contributed by atoms with Crippen LogP contribution in [-0.4, -0.2) is 45.3 Å². The first-order chi connectivity index (χ1) is 14.6. The quantitative estimate of drug-likeness (QED) is 0.570. The van der Waals surface area contributed by atoms with Gasteiger partial charge in [-0.15, -0.1) is 10.2 Å². The van der Waals surface area contributed by atoms with Crippen LogP contribution in [0.15, 0.2) is 41.1 Å². The van der Waals surface area contributed by atoms with Crippen LogP contribution in [0, 0.1) is 0 Å². The summed E-state index contributed by atoms with van der Waals surface area (Å²) in [6.45, 7) is 0.179. The summed E-state index contributed by atoms with van der Waals surface area (Å²) in [5.74, 6) is 0.919. The zero-order valence-electron chi connectivity index (χ0n) is 15.6. The van der Waals surface area contributed by atoms with Crippen molar-refractivity contribution in [2.24, 2.45) is 0 Å². The monoisotopic (exact) mass is 449 g/mol. The summed E-state index contributed by atoms with van der Waals surface area (Å²) in [6, 6.07) is 7.01. The molecule has 2 atom stereocenters. The lowest BCUT2D eigenvalue weighted by atomic mass is 10.0. The SMILES string of the molecule is O=C(COc1cnc(Cl)nc1)N[C@@H]1CC[C@@H](c2nnc(-c3ccc(Cl)cc3)o2)OC1. The number of nitrogens with zero attached hydrogens (tertiary/aromatic N) is 4. The molecule has 0 unspecified atom stereocenters. The van der Waals surface area contributed by atoms with Gasteiger partial charge in [-0.05, 0) is 48.7 Å². The van der Waals surface area contributed by atoms with Gasteiger partial charge in [0.25, 0.3) is 5.91 Å². The van der Waals surface area contributed by atoms with Gasteiger partial charge in [0, 0.05) is 10.6 Å². The second-order valence-corrected chi connectivity index (χ2v) is 7.37. The van der Waals surface area contributed by atoms with E-state index in [9.17, 15) is 4.79 Å². The summed E-state index contributed by atoms with van der Waals surface area (Å²) in [7, 11) is 0. The van der Waals surface area contributed by atoms with E-state index in [1.54, 1.807) is 12.1 Å². The molecule has 1 N–H and O–H groups in total. The van der Waals surface area contributed by atoms with Crippen LogP contribution < -0.4 is 10.1 Å². The van der Waals surface area contributed by atoms with Crippen LogP contribution in [0.2, 0.25) is 10.3 Å². The molecule has 3 aromatic rings.